The van der Waals surface area contributed by atoms with Crippen molar-refractivity contribution in [2.24, 2.45) is 0 Å². The Hall–Kier alpha value is -2.37. The number of ether oxygens (including phenoxy) is 6. The van der Waals surface area contributed by atoms with Gasteiger partial charge in [0.05, 0.1) is 26.9 Å². The molecule has 0 aliphatic carbocycles. The predicted molar refractivity (Wildman–Crippen MR) is 137 cm³/mol. The Morgan fingerprint density at radius 1 is 1.10 bits per heavy atom. The molecular formula is C27H36O14. The Morgan fingerprint density at radius 2 is 1.83 bits per heavy atom. The zero-order valence-corrected chi connectivity index (χ0v) is 23.1. The molecular weight excluding hydrogens is 548 g/mol. The van der Waals surface area contributed by atoms with Gasteiger partial charge in [0, 0.05) is 24.1 Å². The summed E-state index contributed by atoms with van der Waals surface area (Å²) < 4.78 is 40.0. The molecule has 9 atom stereocenters. The third-order valence-electron chi connectivity index (χ3n) is 7.89. The van der Waals surface area contributed by atoms with Crippen LogP contribution in [0, 0.1) is 6.92 Å². The van der Waals surface area contributed by atoms with Crippen LogP contribution in [0.1, 0.15) is 25.2 Å². The quantitative estimate of drug-likeness (QED) is 0.208. The molecule has 228 valence electrons. The minimum atomic E-state index is -1.91. The number of aliphatic hydroxyl groups is 6. The second-order valence-corrected chi connectivity index (χ2v) is 11.2. The zero-order valence-electron chi connectivity index (χ0n) is 23.1. The fraction of sp³-hybridized carbons (Fsp3) is 0.667. The Morgan fingerprint density at radius 3 is 2.49 bits per heavy atom. The largest absolute Gasteiger partial charge is 0.495 e. The number of benzene rings is 1. The van der Waals surface area contributed by atoms with Gasteiger partial charge in [-0.3, -0.25) is 4.79 Å². The third kappa shape index (κ3) is 5.33. The number of aliphatic hydroxyl groups excluding tert-OH is 5. The number of aryl methyl sites for hydroxylation is 1. The van der Waals surface area contributed by atoms with E-state index in [1.165, 1.54) is 13.2 Å². The summed E-state index contributed by atoms with van der Waals surface area (Å²) in [7, 11) is 1.45. The summed E-state index contributed by atoms with van der Waals surface area (Å²) in [6.45, 7) is 3.51. The summed E-state index contributed by atoms with van der Waals surface area (Å²) in [5, 5.41) is 61.6. The molecule has 14 nitrogen and oxygen atoms in total. The van der Waals surface area contributed by atoms with E-state index in [2.05, 4.69) is 0 Å². The first-order valence-electron chi connectivity index (χ1n) is 13.2. The van der Waals surface area contributed by atoms with Crippen LogP contribution in [0.3, 0.4) is 0 Å². The van der Waals surface area contributed by atoms with Crippen molar-refractivity contribution >= 4 is 11.0 Å². The second-order valence-electron chi connectivity index (χ2n) is 11.2. The lowest BCUT2D eigenvalue weighted by molar-refractivity contribution is -0.335. The molecule has 0 amide bonds. The number of hydrogen-bond donors (Lipinski definition) is 6. The van der Waals surface area contributed by atoms with E-state index in [9.17, 15) is 35.4 Å². The van der Waals surface area contributed by atoms with Crippen LogP contribution in [-0.2, 0) is 25.4 Å². The molecule has 1 aromatic carbocycles. The average Bonchev–Trinajstić information content (AvgIpc) is 3.48. The lowest BCUT2D eigenvalue weighted by atomic mass is 9.94. The summed E-state index contributed by atoms with van der Waals surface area (Å²) in [4.78, 5) is 12.7. The Balaban J connectivity index is 1.30. The van der Waals surface area contributed by atoms with Crippen molar-refractivity contribution in [1.82, 2.24) is 0 Å². The molecule has 2 saturated heterocycles. The first-order valence-corrected chi connectivity index (χ1v) is 13.2. The van der Waals surface area contributed by atoms with Crippen LogP contribution in [0.4, 0.5) is 0 Å². The molecule has 2 fully saturated rings. The van der Waals surface area contributed by atoms with Crippen molar-refractivity contribution in [3.05, 3.63) is 33.7 Å². The third-order valence-corrected chi connectivity index (χ3v) is 7.89. The molecule has 2 aromatic rings. The standard InChI is InChI=1S/C27H36O14/c1-11-5-13(29)18-15(38-11)7-14-12(22(18)35-4)6-17(39-14)26(2,3)41-24-21(32)20(31)19(30)16(40-24)8-36-25-23(33)27(34,9-28)10-37-25/h5,7,16-17,19-21,23-25,28,30-34H,6,8-10H2,1-4H3/t16-,17+,19-,20+,21-,23+,24+,25?,27-/m1/s1. The van der Waals surface area contributed by atoms with Crippen LogP contribution < -0.4 is 14.9 Å². The fourth-order valence-electron chi connectivity index (χ4n) is 5.37. The maximum atomic E-state index is 12.7. The van der Waals surface area contributed by atoms with E-state index in [-0.39, 0.29) is 18.5 Å². The van der Waals surface area contributed by atoms with Crippen molar-refractivity contribution in [1.29, 1.82) is 0 Å². The smallest absolute Gasteiger partial charge is 0.196 e. The van der Waals surface area contributed by atoms with Gasteiger partial charge >= 0.3 is 0 Å². The average molecular weight is 585 g/mol. The first-order chi connectivity index (χ1) is 19.3. The van der Waals surface area contributed by atoms with Gasteiger partial charge in [0.25, 0.3) is 0 Å². The van der Waals surface area contributed by atoms with Gasteiger partial charge in [-0.25, -0.2) is 0 Å². The van der Waals surface area contributed by atoms with Gasteiger partial charge in [-0.2, -0.15) is 0 Å². The lowest BCUT2D eigenvalue weighted by Gasteiger charge is -2.44. The number of hydrogen-bond acceptors (Lipinski definition) is 14. The highest BCUT2D eigenvalue weighted by molar-refractivity contribution is 5.87. The molecule has 3 aliphatic heterocycles. The van der Waals surface area contributed by atoms with E-state index >= 15 is 0 Å². The number of fused-ring (bicyclic) bond motifs is 2. The maximum absolute atomic E-state index is 12.7. The highest BCUT2D eigenvalue weighted by Crippen LogP contribution is 2.44. The first kappa shape index (κ1) is 30.1. The van der Waals surface area contributed by atoms with Crippen molar-refractivity contribution in [2.75, 3.05) is 26.9 Å². The van der Waals surface area contributed by atoms with Crippen LogP contribution in [0.5, 0.6) is 11.5 Å². The molecule has 41 heavy (non-hydrogen) atoms. The van der Waals surface area contributed by atoms with Crippen molar-refractivity contribution < 1.29 is 63.5 Å². The summed E-state index contributed by atoms with van der Waals surface area (Å²) in [5.41, 5.74) is -2.35. The van der Waals surface area contributed by atoms with Crippen molar-refractivity contribution in [3.63, 3.8) is 0 Å². The van der Waals surface area contributed by atoms with Gasteiger partial charge in [0.2, 0.25) is 0 Å². The van der Waals surface area contributed by atoms with E-state index in [1.54, 1.807) is 26.8 Å². The monoisotopic (exact) mass is 584 g/mol. The highest BCUT2D eigenvalue weighted by Gasteiger charge is 2.51. The van der Waals surface area contributed by atoms with E-state index in [4.69, 9.17) is 32.8 Å². The van der Waals surface area contributed by atoms with Crippen LogP contribution in [-0.4, -0.2) is 118 Å². The predicted octanol–water partition coefficient (Wildman–Crippen LogP) is -1.53. The van der Waals surface area contributed by atoms with Gasteiger partial charge < -0.3 is 63.5 Å². The maximum Gasteiger partial charge on any atom is 0.196 e. The normalized spacial score (nSPS) is 35.5. The molecule has 1 aromatic heterocycles. The van der Waals surface area contributed by atoms with Crippen molar-refractivity contribution in [3.8, 4) is 11.5 Å². The minimum absolute atomic E-state index is 0.251. The Kier molecular flexibility index (Phi) is 8.10. The summed E-state index contributed by atoms with van der Waals surface area (Å²) in [6.07, 6.45) is -10.8. The molecule has 5 rings (SSSR count). The topological polar surface area (TPSA) is 207 Å². The molecule has 14 heteroatoms. The van der Waals surface area contributed by atoms with Crippen LogP contribution in [0.15, 0.2) is 21.3 Å². The minimum Gasteiger partial charge on any atom is -0.495 e. The van der Waals surface area contributed by atoms with Gasteiger partial charge in [-0.15, -0.1) is 0 Å². The molecule has 4 heterocycles. The van der Waals surface area contributed by atoms with Crippen molar-refractivity contribution in [2.45, 2.75) is 87.6 Å². The molecule has 0 saturated carbocycles. The van der Waals surface area contributed by atoms with E-state index in [0.29, 0.717) is 33.8 Å². The molecule has 3 aliphatic rings. The van der Waals surface area contributed by atoms with Gasteiger partial charge in [-0.1, -0.05) is 0 Å². The van der Waals surface area contributed by atoms with E-state index < -0.39 is 73.6 Å². The van der Waals surface area contributed by atoms with Crippen LogP contribution in [0.2, 0.25) is 0 Å². The number of rotatable bonds is 8. The zero-order chi connectivity index (χ0) is 29.9. The Bertz CT molecular complexity index is 1330. The molecule has 0 radical (unpaired) electrons. The summed E-state index contributed by atoms with van der Waals surface area (Å²) >= 11 is 0. The Labute approximate surface area is 234 Å². The summed E-state index contributed by atoms with van der Waals surface area (Å²) in [5.74, 6) is 1.21. The number of methoxy groups -OCH3 is 1. The SMILES string of the molecule is COc1c2c(cc3oc(C)cc(=O)c13)O[C@H](C(C)(C)O[C@@H]1O[C@H](COC3OC[C@](O)(CO)[C@H]3O)[C@@H](O)[C@H](O)[C@H]1O)C2. The van der Waals surface area contributed by atoms with Gasteiger partial charge in [-0.05, 0) is 20.8 Å². The van der Waals surface area contributed by atoms with E-state index in [1.807, 2.05) is 0 Å². The second kappa shape index (κ2) is 11.0. The summed E-state index contributed by atoms with van der Waals surface area (Å²) in [6, 6.07) is 3.00. The molecule has 1 unspecified atom stereocenters. The molecule has 0 spiro atoms. The van der Waals surface area contributed by atoms with Gasteiger partial charge in [0.15, 0.2) is 18.0 Å². The van der Waals surface area contributed by atoms with E-state index in [0.717, 1.165) is 0 Å². The molecule has 6 N–H and O–H groups in total. The van der Waals surface area contributed by atoms with Crippen LogP contribution in [0.25, 0.3) is 11.0 Å². The van der Waals surface area contributed by atoms with Gasteiger partial charge in [0.1, 0.15) is 76.1 Å². The lowest BCUT2D eigenvalue weighted by Crippen LogP contribution is -2.61. The highest BCUT2D eigenvalue weighted by atomic mass is 16.7. The molecule has 0 bridgehead atoms. The fourth-order valence-corrected chi connectivity index (χ4v) is 5.37. The van der Waals surface area contributed by atoms with Crippen LogP contribution >= 0.6 is 0 Å².